The molecule has 3 atom stereocenters. The Labute approximate surface area is 121 Å². The smallest absolute Gasteiger partial charge is 0.123 e. The standard InChI is InChI=1S/C17H25NO2/c1-11-5-7-15(20-11)16(18-4)12-6-8-14-13(9-12)17(2,3)10-19-14/h6,8-9,11,15-16,18H,5,7,10H2,1-4H3. The van der Waals surface area contributed by atoms with Gasteiger partial charge in [-0.05, 0) is 44.5 Å². The molecule has 1 aromatic carbocycles. The minimum atomic E-state index is 0.105. The summed E-state index contributed by atoms with van der Waals surface area (Å²) in [4.78, 5) is 0. The summed E-state index contributed by atoms with van der Waals surface area (Å²) in [5.74, 6) is 1.04. The highest BCUT2D eigenvalue weighted by Gasteiger charge is 2.34. The normalized spacial score (nSPS) is 29.0. The summed E-state index contributed by atoms with van der Waals surface area (Å²) < 4.78 is 11.8. The van der Waals surface area contributed by atoms with Gasteiger partial charge in [0.25, 0.3) is 0 Å². The van der Waals surface area contributed by atoms with Gasteiger partial charge in [-0.25, -0.2) is 0 Å². The van der Waals surface area contributed by atoms with Crippen LogP contribution in [0.3, 0.4) is 0 Å². The predicted molar refractivity (Wildman–Crippen MR) is 80.3 cm³/mol. The fourth-order valence-corrected chi connectivity index (χ4v) is 3.38. The number of ether oxygens (including phenoxy) is 2. The fourth-order valence-electron chi connectivity index (χ4n) is 3.38. The van der Waals surface area contributed by atoms with Crippen molar-refractivity contribution in [2.75, 3.05) is 13.7 Å². The molecule has 3 unspecified atom stereocenters. The van der Waals surface area contributed by atoms with Crippen molar-refractivity contribution in [3.05, 3.63) is 29.3 Å². The predicted octanol–water partition coefficient (Wildman–Crippen LogP) is 3.18. The largest absolute Gasteiger partial charge is 0.492 e. The quantitative estimate of drug-likeness (QED) is 0.919. The van der Waals surface area contributed by atoms with Gasteiger partial charge in [-0.1, -0.05) is 19.9 Å². The zero-order valence-electron chi connectivity index (χ0n) is 12.9. The van der Waals surface area contributed by atoms with Crippen LogP contribution >= 0.6 is 0 Å². The molecule has 2 aliphatic heterocycles. The van der Waals surface area contributed by atoms with Gasteiger partial charge >= 0.3 is 0 Å². The Kier molecular flexibility index (Phi) is 3.51. The topological polar surface area (TPSA) is 30.5 Å². The first kappa shape index (κ1) is 13.9. The van der Waals surface area contributed by atoms with Crippen molar-refractivity contribution in [1.82, 2.24) is 5.32 Å². The van der Waals surface area contributed by atoms with Crippen molar-refractivity contribution in [2.24, 2.45) is 0 Å². The van der Waals surface area contributed by atoms with Gasteiger partial charge in [0.15, 0.2) is 0 Å². The molecule has 2 aliphatic rings. The highest BCUT2D eigenvalue weighted by Crippen LogP contribution is 2.40. The first-order chi connectivity index (χ1) is 9.51. The van der Waals surface area contributed by atoms with Gasteiger partial charge in [0.2, 0.25) is 0 Å². The van der Waals surface area contributed by atoms with Crippen LogP contribution in [-0.2, 0) is 10.2 Å². The van der Waals surface area contributed by atoms with E-state index < -0.39 is 0 Å². The average molecular weight is 275 g/mol. The van der Waals surface area contributed by atoms with Gasteiger partial charge < -0.3 is 14.8 Å². The maximum Gasteiger partial charge on any atom is 0.123 e. The first-order valence-corrected chi connectivity index (χ1v) is 7.61. The van der Waals surface area contributed by atoms with Crippen LogP contribution in [0.4, 0.5) is 0 Å². The van der Waals surface area contributed by atoms with E-state index in [0.29, 0.717) is 6.10 Å². The third-order valence-corrected chi connectivity index (χ3v) is 4.63. The molecule has 3 heteroatoms. The molecule has 0 radical (unpaired) electrons. The Bertz CT molecular complexity index is 498. The number of likely N-dealkylation sites (N-methyl/N-ethyl adjacent to an activating group) is 1. The summed E-state index contributed by atoms with van der Waals surface area (Å²) in [6.07, 6.45) is 2.94. The third-order valence-electron chi connectivity index (χ3n) is 4.63. The van der Waals surface area contributed by atoms with Crippen LogP contribution < -0.4 is 10.1 Å². The van der Waals surface area contributed by atoms with Crippen molar-refractivity contribution in [3.8, 4) is 5.75 Å². The van der Waals surface area contributed by atoms with E-state index in [1.54, 1.807) is 0 Å². The van der Waals surface area contributed by atoms with Crippen molar-refractivity contribution in [3.63, 3.8) is 0 Å². The lowest BCUT2D eigenvalue weighted by Crippen LogP contribution is -2.30. The summed E-state index contributed by atoms with van der Waals surface area (Å²) in [6.45, 7) is 7.41. The minimum absolute atomic E-state index is 0.105. The van der Waals surface area contributed by atoms with Crippen LogP contribution in [-0.4, -0.2) is 25.9 Å². The van der Waals surface area contributed by atoms with E-state index in [-0.39, 0.29) is 17.6 Å². The van der Waals surface area contributed by atoms with E-state index in [4.69, 9.17) is 9.47 Å². The number of hydrogen-bond donors (Lipinski definition) is 1. The molecular formula is C17H25NO2. The molecule has 0 aromatic heterocycles. The fraction of sp³-hybridized carbons (Fsp3) is 0.647. The second-order valence-corrected chi connectivity index (χ2v) is 6.76. The summed E-state index contributed by atoms with van der Waals surface area (Å²) in [7, 11) is 2.02. The van der Waals surface area contributed by atoms with E-state index in [0.717, 1.165) is 25.2 Å². The average Bonchev–Trinajstić information content (AvgIpc) is 2.96. The van der Waals surface area contributed by atoms with Gasteiger partial charge in [0, 0.05) is 11.0 Å². The van der Waals surface area contributed by atoms with Crippen molar-refractivity contribution in [1.29, 1.82) is 0 Å². The van der Waals surface area contributed by atoms with E-state index in [2.05, 4.69) is 44.3 Å². The first-order valence-electron chi connectivity index (χ1n) is 7.61. The molecular weight excluding hydrogens is 250 g/mol. The highest BCUT2D eigenvalue weighted by atomic mass is 16.5. The molecule has 0 saturated carbocycles. The molecule has 1 N–H and O–H groups in total. The zero-order chi connectivity index (χ0) is 14.3. The second-order valence-electron chi connectivity index (χ2n) is 6.76. The third kappa shape index (κ3) is 2.33. The molecule has 0 aliphatic carbocycles. The zero-order valence-corrected chi connectivity index (χ0v) is 12.9. The summed E-state index contributed by atoms with van der Waals surface area (Å²) in [6, 6.07) is 6.85. The highest BCUT2D eigenvalue weighted by molar-refractivity contribution is 5.46. The number of rotatable bonds is 3. The van der Waals surface area contributed by atoms with E-state index in [9.17, 15) is 0 Å². The van der Waals surface area contributed by atoms with Gasteiger partial charge in [0.1, 0.15) is 5.75 Å². The van der Waals surface area contributed by atoms with Crippen LogP contribution in [0.2, 0.25) is 0 Å². The van der Waals surface area contributed by atoms with Crippen LogP contribution in [0.5, 0.6) is 5.75 Å². The lowest BCUT2D eigenvalue weighted by atomic mass is 9.85. The Balaban J connectivity index is 1.90. The monoisotopic (exact) mass is 275 g/mol. The van der Waals surface area contributed by atoms with Crippen molar-refractivity contribution in [2.45, 2.75) is 57.3 Å². The SMILES string of the molecule is CNC(c1ccc2c(c1)C(C)(C)CO2)C1CCC(C)O1. The molecule has 110 valence electrons. The molecule has 1 saturated heterocycles. The van der Waals surface area contributed by atoms with Gasteiger partial charge in [0.05, 0.1) is 24.9 Å². The van der Waals surface area contributed by atoms with Gasteiger partial charge in [-0.2, -0.15) is 0 Å². The molecule has 0 spiro atoms. The van der Waals surface area contributed by atoms with Gasteiger partial charge in [-0.3, -0.25) is 0 Å². The molecule has 20 heavy (non-hydrogen) atoms. The Hall–Kier alpha value is -1.06. The molecule has 1 fully saturated rings. The lowest BCUT2D eigenvalue weighted by molar-refractivity contribution is 0.0333. The van der Waals surface area contributed by atoms with Crippen LogP contribution in [0.15, 0.2) is 18.2 Å². The van der Waals surface area contributed by atoms with Crippen LogP contribution in [0.1, 0.15) is 50.8 Å². The van der Waals surface area contributed by atoms with Crippen molar-refractivity contribution < 1.29 is 9.47 Å². The number of hydrogen-bond acceptors (Lipinski definition) is 3. The lowest BCUT2D eigenvalue weighted by Gasteiger charge is -2.25. The maximum absolute atomic E-state index is 6.05. The van der Waals surface area contributed by atoms with Gasteiger partial charge in [-0.15, -0.1) is 0 Å². The molecule has 1 aromatic rings. The van der Waals surface area contributed by atoms with Crippen molar-refractivity contribution >= 4 is 0 Å². The summed E-state index contributed by atoms with van der Waals surface area (Å²) >= 11 is 0. The number of nitrogens with one attached hydrogen (secondary N) is 1. The molecule has 3 rings (SSSR count). The summed E-state index contributed by atoms with van der Waals surface area (Å²) in [5, 5.41) is 3.43. The summed E-state index contributed by atoms with van der Waals surface area (Å²) in [5.41, 5.74) is 2.73. The number of fused-ring (bicyclic) bond motifs is 1. The van der Waals surface area contributed by atoms with E-state index >= 15 is 0 Å². The molecule has 2 heterocycles. The van der Waals surface area contributed by atoms with E-state index in [1.165, 1.54) is 11.1 Å². The molecule has 0 amide bonds. The van der Waals surface area contributed by atoms with Crippen LogP contribution in [0.25, 0.3) is 0 Å². The minimum Gasteiger partial charge on any atom is -0.492 e. The molecule has 0 bridgehead atoms. The Morgan fingerprint density at radius 3 is 2.75 bits per heavy atom. The Morgan fingerprint density at radius 2 is 2.10 bits per heavy atom. The maximum atomic E-state index is 6.05. The Morgan fingerprint density at radius 1 is 1.30 bits per heavy atom. The van der Waals surface area contributed by atoms with Crippen LogP contribution in [0, 0.1) is 0 Å². The molecule has 3 nitrogen and oxygen atoms in total. The number of benzene rings is 1. The van der Waals surface area contributed by atoms with E-state index in [1.807, 2.05) is 7.05 Å². The second kappa shape index (κ2) is 5.05.